The molecule has 0 radical (unpaired) electrons. The van der Waals surface area contributed by atoms with Gasteiger partial charge in [-0.2, -0.15) is 0 Å². The summed E-state index contributed by atoms with van der Waals surface area (Å²) in [7, 11) is 0. The summed E-state index contributed by atoms with van der Waals surface area (Å²) in [5.41, 5.74) is 4.48. The summed E-state index contributed by atoms with van der Waals surface area (Å²) in [6.45, 7) is 0. The largest absolute Gasteiger partial charge is 0.248 e. The molecule has 0 saturated heterocycles. The van der Waals surface area contributed by atoms with E-state index in [1.54, 1.807) is 11.3 Å². The van der Waals surface area contributed by atoms with Crippen molar-refractivity contribution in [1.82, 2.24) is 4.98 Å². The Hall–Kier alpha value is -2.45. The van der Waals surface area contributed by atoms with Crippen molar-refractivity contribution in [2.24, 2.45) is 0 Å². The second kappa shape index (κ2) is 5.15. The average molecular weight is 287 g/mol. The first-order valence-corrected chi connectivity index (χ1v) is 7.79. The van der Waals surface area contributed by atoms with Crippen LogP contribution < -0.4 is 0 Å². The summed E-state index contributed by atoms with van der Waals surface area (Å²) in [4.78, 5) is 6.10. The number of hydrogen-bond acceptors (Lipinski definition) is 2. The van der Waals surface area contributed by atoms with Crippen LogP contribution in [0, 0.1) is 0 Å². The lowest BCUT2D eigenvalue weighted by Crippen LogP contribution is -1.88. The van der Waals surface area contributed by atoms with Gasteiger partial charge in [-0.15, -0.1) is 11.3 Å². The number of fused-ring (bicyclic) bond motifs is 1. The van der Waals surface area contributed by atoms with E-state index in [1.165, 1.54) is 15.8 Å². The lowest BCUT2D eigenvalue weighted by Gasteiger charge is -2.08. The Morgan fingerprint density at radius 1 is 0.762 bits per heavy atom. The van der Waals surface area contributed by atoms with Gasteiger partial charge in [-0.25, -0.2) is 4.98 Å². The van der Waals surface area contributed by atoms with E-state index in [4.69, 9.17) is 4.98 Å². The third-order valence-corrected chi connectivity index (χ3v) is 4.48. The number of para-hydroxylation sites is 1. The molecule has 2 heterocycles. The van der Waals surface area contributed by atoms with E-state index in [2.05, 4.69) is 66.0 Å². The molecule has 21 heavy (non-hydrogen) atoms. The monoisotopic (exact) mass is 287 g/mol. The summed E-state index contributed by atoms with van der Waals surface area (Å²) >= 11 is 1.77. The van der Waals surface area contributed by atoms with Crippen molar-refractivity contribution in [2.45, 2.75) is 0 Å². The fourth-order valence-corrected chi connectivity index (χ4v) is 3.32. The fraction of sp³-hybridized carbons (Fsp3) is 0. The third kappa shape index (κ3) is 2.24. The number of aromatic nitrogens is 1. The highest BCUT2D eigenvalue weighted by atomic mass is 32.1. The lowest BCUT2D eigenvalue weighted by molar-refractivity contribution is 1.40. The van der Waals surface area contributed by atoms with Crippen LogP contribution in [0.3, 0.4) is 0 Å². The zero-order chi connectivity index (χ0) is 14.1. The van der Waals surface area contributed by atoms with Gasteiger partial charge in [-0.3, -0.25) is 0 Å². The molecule has 0 N–H and O–H groups in total. The minimum Gasteiger partial charge on any atom is -0.248 e. The number of rotatable bonds is 2. The summed E-state index contributed by atoms with van der Waals surface area (Å²) in [5.74, 6) is 0. The van der Waals surface area contributed by atoms with Gasteiger partial charge in [0.25, 0.3) is 0 Å². The molecule has 0 aliphatic carbocycles. The maximum Gasteiger partial charge on any atom is 0.0716 e. The van der Waals surface area contributed by atoms with Crippen LogP contribution in [0.2, 0.25) is 0 Å². The Labute approximate surface area is 127 Å². The molecule has 0 spiro atoms. The SMILES string of the molecule is c1ccc(-c2cc(-c3cccs3)c3ccccc3n2)cc1. The Balaban J connectivity index is 2.03. The molecule has 2 aromatic carbocycles. The molecule has 1 nitrogen and oxygen atoms in total. The first-order valence-electron chi connectivity index (χ1n) is 6.91. The predicted octanol–water partition coefficient (Wildman–Crippen LogP) is 5.63. The molecule has 2 heteroatoms. The first-order chi connectivity index (χ1) is 10.4. The highest BCUT2D eigenvalue weighted by Gasteiger charge is 2.09. The smallest absolute Gasteiger partial charge is 0.0716 e. The van der Waals surface area contributed by atoms with E-state index in [0.29, 0.717) is 0 Å². The molecule has 0 bridgehead atoms. The zero-order valence-electron chi connectivity index (χ0n) is 11.4. The number of hydrogen-bond donors (Lipinski definition) is 0. The quantitative estimate of drug-likeness (QED) is 0.465. The zero-order valence-corrected chi connectivity index (χ0v) is 12.2. The Morgan fingerprint density at radius 2 is 1.57 bits per heavy atom. The van der Waals surface area contributed by atoms with Crippen molar-refractivity contribution in [3.8, 4) is 21.7 Å². The van der Waals surface area contributed by atoms with Crippen LogP contribution in [0.15, 0.2) is 78.2 Å². The Bertz CT molecular complexity index is 880. The number of pyridine rings is 1. The molecule has 0 aliphatic heterocycles. The second-order valence-corrected chi connectivity index (χ2v) is 5.86. The summed E-state index contributed by atoms with van der Waals surface area (Å²) < 4.78 is 0. The fourth-order valence-electron chi connectivity index (χ4n) is 2.57. The molecule has 0 saturated carbocycles. The average Bonchev–Trinajstić information content (AvgIpc) is 3.09. The van der Waals surface area contributed by atoms with Crippen molar-refractivity contribution in [1.29, 1.82) is 0 Å². The molecule has 4 aromatic rings. The van der Waals surface area contributed by atoms with Crippen molar-refractivity contribution >= 4 is 22.2 Å². The van der Waals surface area contributed by atoms with Gasteiger partial charge in [0.2, 0.25) is 0 Å². The van der Waals surface area contributed by atoms with E-state index in [-0.39, 0.29) is 0 Å². The molecule has 0 fully saturated rings. The van der Waals surface area contributed by atoms with E-state index in [9.17, 15) is 0 Å². The Kier molecular flexibility index (Phi) is 3.02. The molecular weight excluding hydrogens is 274 g/mol. The number of thiophene rings is 1. The van der Waals surface area contributed by atoms with Crippen molar-refractivity contribution in [3.63, 3.8) is 0 Å². The molecule has 0 unspecified atom stereocenters. The van der Waals surface area contributed by atoms with Gasteiger partial charge in [0.05, 0.1) is 11.2 Å². The summed E-state index contributed by atoms with van der Waals surface area (Å²) in [6, 6.07) is 25.2. The molecule has 100 valence electrons. The first kappa shape index (κ1) is 12.3. The summed E-state index contributed by atoms with van der Waals surface area (Å²) in [6.07, 6.45) is 0. The van der Waals surface area contributed by atoms with Crippen LogP contribution in [-0.4, -0.2) is 4.98 Å². The minimum atomic E-state index is 1.03. The van der Waals surface area contributed by atoms with Crippen molar-refractivity contribution < 1.29 is 0 Å². The molecule has 0 aliphatic rings. The van der Waals surface area contributed by atoms with Crippen LogP contribution in [0.4, 0.5) is 0 Å². The molecule has 0 amide bonds. The van der Waals surface area contributed by atoms with E-state index in [0.717, 1.165) is 16.8 Å². The van der Waals surface area contributed by atoms with Crippen LogP contribution >= 0.6 is 11.3 Å². The van der Waals surface area contributed by atoms with E-state index >= 15 is 0 Å². The van der Waals surface area contributed by atoms with Gasteiger partial charge in [-0.1, -0.05) is 54.6 Å². The third-order valence-electron chi connectivity index (χ3n) is 3.57. The van der Waals surface area contributed by atoms with Gasteiger partial charge < -0.3 is 0 Å². The molecule has 4 rings (SSSR count). The Morgan fingerprint density at radius 3 is 2.38 bits per heavy atom. The summed E-state index contributed by atoms with van der Waals surface area (Å²) in [5, 5.41) is 3.33. The molecule has 0 atom stereocenters. The van der Waals surface area contributed by atoms with E-state index < -0.39 is 0 Å². The van der Waals surface area contributed by atoms with Crippen LogP contribution in [0.1, 0.15) is 0 Å². The van der Waals surface area contributed by atoms with Gasteiger partial charge in [0, 0.05) is 21.4 Å². The topological polar surface area (TPSA) is 12.9 Å². The highest BCUT2D eigenvalue weighted by Crippen LogP contribution is 2.34. The standard InChI is InChI=1S/C19H13NS/c1-2-7-14(8-3-1)18-13-16(19-11-6-12-21-19)15-9-4-5-10-17(15)20-18/h1-13H. The normalized spacial score (nSPS) is 10.9. The van der Waals surface area contributed by atoms with Crippen LogP contribution in [-0.2, 0) is 0 Å². The number of nitrogens with zero attached hydrogens (tertiary/aromatic N) is 1. The lowest BCUT2D eigenvalue weighted by atomic mass is 10.0. The maximum absolute atomic E-state index is 4.82. The van der Waals surface area contributed by atoms with Gasteiger partial charge in [0.15, 0.2) is 0 Å². The number of benzene rings is 2. The molecule has 2 aromatic heterocycles. The van der Waals surface area contributed by atoms with Crippen molar-refractivity contribution in [2.75, 3.05) is 0 Å². The maximum atomic E-state index is 4.82. The highest BCUT2D eigenvalue weighted by molar-refractivity contribution is 7.13. The molecular formula is C19H13NS. The minimum absolute atomic E-state index is 1.03. The van der Waals surface area contributed by atoms with Crippen molar-refractivity contribution in [3.05, 3.63) is 78.2 Å². The van der Waals surface area contributed by atoms with Gasteiger partial charge >= 0.3 is 0 Å². The van der Waals surface area contributed by atoms with Crippen LogP contribution in [0.25, 0.3) is 32.6 Å². The van der Waals surface area contributed by atoms with Gasteiger partial charge in [0.1, 0.15) is 0 Å². The van der Waals surface area contributed by atoms with Gasteiger partial charge in [-0.05, 0) is 23.6 Å². The predicted molar refractivity (Wildman–Crippen MR) is 90.5 cm³/mol. The van der Waals surface area contributed by atoms with Crippen LogP contribution in [0.5, 0.6) is 0 Å². The van der Waals surface area contributed by atoms with E-state index in [1.807, 2.05) is 12.1 Å². The second-order valence-electron chi connectivity index (χ2n) is 4.92.